The number of hydrogen-bond acceptors (Lipinski definition) is 5. The van der Waals surface area contributed by atoms with E-state index in [4.69, 9.17) is 0 Å². The van der Waals surface area contributed by atoms with Crippen LogP contribution in [0, 0.1) is 0 Å². The minimum Gasteiger partial charge on any atom is -0.867 e. The zero-order chi connectivity index (χ0) is 12.4. The van der Waals surface area contributed by atoms with Gasteiger partial charge in [-0.3, -0.25) is 0 Å². The number of aromatic amines is 1. The van der Waals surface area contributed by atoms with Gasteiger partial charge in [0.1, 0.15) is 5.82 Å². The largest absolute Gasteiger partial charge is 1.00 e. The zero-order valence-electron chi connectivity index (χ0n) is 10.7. The molecule has 1 unspecified atom stereocenters. The first-order valence-corrected chi connectivity index (χ1v) is 5.75. The molecule has 1 aromatic heterocycles. The molecule has 0 saturated carbocycles. The Balaban J connectivity index is 0.00000162. The molecule has 0 fully saturated rings. The van der Waals surface area contributed by atoms with Gasteiger partial charge in [-0.05, 0) is 18.6 Å². The third-order valence-corrected chi connectivity index (χ3v) is 2.84. The average molecular weight is 310 g/mol. The van der Waals surface area contributed by atoms with E-state index in [-0.39, 0.29) is 65.5 Å². The summed E-state index contributed by atoms with van der Waals surface area (Å²) in [6.45, 7) is 0. The smallest absolute Gasteiger partial charge is 0.867 e. The topological polar surface area (TPSA) is 74.8 Å². The van der Waals surface area contributed by atoms with Gasteiger partial charge in [-0.1, -0.05) is 22.2 Å². The fourth-order valence-electron chi connectivity index (χ4n) is 1.60. The number of fused-ring (bicyclic) bond motifs is 1. The number of nitrogens with one attached hydrogen (secondary N) is 1. The van der Waals surface area contributed by atoms with Crippen molar-refractivity contribution in [2.24, 2.45) is 0 Å². The molecular weight excluding hydrogens is 302 g/mol. The first-order valence-electron chi connectivity index (χ1n) is 4.93. The van der Waals surface area contributed by atoms with Crippen molar-refractivity contribution in [2.75, 3.05) is 0 Å². The number of benzene rings is 1. The second kappa shape index (κ2) is 8.69. The molecule has 0 aliphatic rings. The third kappa shape index (κ3) is 5.06. The number of aromatic nitrogens is 2. The molecule has 0 amide bonds. The summed E-state index contributed by atoms with van der Waals surface area (Å²) in [6, 6.07) is 7.35. The monoisotopic (exact) mass is 310 g/mol. The van der Waals surface area contributed by atoms with Crippen molar-refractivity contribution in [1.29, 1.82) is 0 Å². The van der Waals surface area contributed by atoms with E-state index < -0.39 is 16.0 Å². The Bertz CT molecular complexity index is 556. The van der Waals surface area contributed by atoms with E-state index in [1.165, 1.54) is 0 Å². The van der Waals surface area contributed by atoms with E-state index in [0.29, 0.717) is 5.82 Å². The molecular formula is C11H8N2Na2O2S2. The predicted octanol–water partition coefficient (Wildman–Crippen LogP) is -5.58. The van der Waals surface area contributed by atoms with Crippen LogP contribution in [0.5, 0.6) is 0 Å². The maximum Gasteiger partial charge on any atom is 1.00 e. The molecule has 0 spiro atoms. The molecule has 0 bridgehead atoms. The number of H-pyrrole nitrogens is 1. The Kier molecular flexibility index (Phi) is 8.90. The van der Waals surface area contributed by atoms with E-state index in [1.54, 1.807) is 0 Å². The van der Waals surface area contributed by atoms with Crippen molar-refractivity contribution in [1.82, 2.24) is 9.97 Å². The summed E-state index contributed by atoms with van der Waals surface area (Å²) in [4.78, 5) is 7.23. The average Bonchev–Trinajstić information content (AvgIpc) is 2.68. The first-order chi connectivity index (χ1) is 8.08. The first kappa shape index (κ1) is 19.5. The van der Waals surface area contributed by atoms with Crippen molar-refractivity contribution in [3.63, 3.8) is 0 Å². The maximum absolute atomic E-state index is 11.3. The molecule has 1 N–H and O–H groups in total. The van der Waals surface area contributed by atoms with Gasteiger partial charge < -0.3 is 15.2 Å². The number of thiocarbonyl (C=S) groups is 2. The molecule has 8 heteroatoms. The molecule has 1 heterocycles. The molecule has 1 atom stereocenters. The van der Waals surface area contributed by atoms with E-state index >= 15 is 0 Å². The van der Waals surface area contributed by atoms with Gasteiger partial charge in [0.15, 0.2) is 0 Å². The van der Waals surface area contributed by atoms with Crippen molar-refractivity contribution in [2.45, 2.75) is 12.3 Å². The summed E-state index contributed by atoms with van der Waals surface area (Å²) in [5.41, 5.74) is 1.54. The van der Waals surface area contributed by atoms with Crippen molar-refractivity contribution >= 4 is 45.6 Å². The van der Waals surface area contributed by atoms with Gasteiger partial charge in [0.25, 0.3) is 0 Å². The van der Waals surface area contributed by atoms with Crippen LogP contribution in [0.1, 0.15) is 18.2 Å². The molecule has 0 aliphatic carbocycles. The molecule has 2 rings (SSSR count). The van der Waals surface area contributed by atoms with Gasteiger partial charge in [-0.15, -0.1) is 24.4 Å². The minimum atomic E-state index is -0.748. The summed E-state index contributed by atoms with van der Waals surface area (Å²) in [6.07, 6.45) is -0.0858. The molecule has 19 heavy (non-hydrogen) atoms. The fraction of sp³-hybridized carbons (Fsp3) is 0.182. The Morgan fingerprint density at radius 1 is 1.21 bits per heavy atom. The molecule has 0 saturated heterocycles. The van der Waals surface area contributed by atoms with Gasteiger partial charge in [0.2, 0.25) is 0 Å². The second-order valence-electron chi connectivity index (χ2n) is 3.59. The predicted molar refractivity (Wildman–Crippen MR) is 68.6 cm³/mol. The van der Waals surface area contributed by atoms with Crippen LogP contribution in [0.4, 0.5) is 0 Å². The maximum atomic E-state index is 11.3. The van der Waals surface area contributed by atoms with Crippen LogP contribution in [-0.4, -0.2) is 20.1 Å². The van der Waals surface area contributed by atoms with Crippen LogP contribution in [0.25, 0.3) is 11.0 Å². The van der Waals surface area contributed by atoms with Crippen LogP contribution < -0.4 is 69.3 Å². The summed E-state index contributed by atoms with van der Waals surface area (Å²) in [7, 11) is 0. The molecule has 1 aromatic carbocycles. The molecule has 0 radical (unpaired) electrons. The van der Waals surface area contributed by atoms with Gasteiger partial charge in [-0.2, -0.15) is 0 Å². The SMILES string of the molecule is [Na+].[Na+].[O-]C(=S)CC(C([O-])=S)c1nc2ccccc2[nH]1. The van der Waals surface area contributed by atoms with Gasteiger partial charge >= 0.3 is 59.1 Å². The second-order valence-corrected chi connectivity index (χ2v) is 4.44. The minimum absolute atomic E-state index is 0. The number of nitrogens with zero attached hydrogens (tertiary/aromatic N) is 1. The van der Waals surface area contributed by atoms with E-state index in [1.807, 2.05) is 24.3 Å². The summed E-state index contributed by atoms with van der Waals surface area (Å²) >= 11 is 9.08. The Morgan fingerprint density at radius 2 is 1.84 bits per heavy atom. The third-order valence-electron chi connectivity index (χ3n) is 2.39. The zero-order valence-corrected chi connectivity index (χ0v) is 16.3. The number of hydrogen-bond donors (Lipinski definition) is 1. The Labute approximate surface area is 165 Å². The standard InChI is InChI=1S/C11H10N2O2S2.2Na/c14-9(16)5-6(11(15)17)10-12-7-3-1-2-4-8(7)13-10;;/h1-4,6H,5H2,(H,12,13)(H,14,16)(H,15,17);;/q;2*+1/p-2. The van der Waals surface area contributed by atoms with Gasteiger partial charge in [0.05, 0.1) is 11.0 Å². The quantitative estimate of drug-likeness (QED) is 0.450. The van der Waals surface area contributed by atoms with Crippen LogP contribution in [0.15, 0.2) is 24.3 Å². The van der Waals surface area contributed by atoms with Gasteiger partial charge in [0, 0.05) is 5.92 Å². The van der Waals surface area contributed by atoms with Crippen LogP contribution in [0.2, 0.25) is 0 Å². The van der Waals surface area contributed by atoms with Crippen molar-refractivity contribution < 1.29 is 69.3 Å². The number of para-hydroxylation sites is 2. The summed E-state index contributed by atoms with van der Waals surface area (Å²) < 4.78 is 0. The molecule has 0 aliphatic heterocycles. The molecule has 88 valence electrons. The fourth-order valence-corrected chi connectivity index (χ4v) is 1.96. The normalized spacial score (nSPS) is 11.2. The number of rotatable bonds is 4. The van der Waals surface area contributed by atoms with Crippen LogP contribution >= 0.6 is 24.4 Å². The summed E-state index contributed by atoms with van der Waals surface area (Å²) in [5, 5.41) is 21.2. The van der Waals surface area contributed by atoms with Crippen molar-refractivity contribution in [3.05, 3.63) is 30.1 Å². The van der Waals surface area contributed by atoms with Crippen molar-refractivity contribution in [3.8, 4) is 0 Å². The number of imidazole rings is 1. The summed E-state index contributed by atoms with van der Waals surface area (Å²) in [5.74, 6) is -0.341. The Hall–Kier alpha value is 0.470. The molecule has 2 aromatic rings. The van der Waals surface area contributed by atoms with E-state index in [0.717, 1.165) is 11.0 Å². The Morgan fingerprint density at radius 3 is 2.37 bits per heavy atom. The van der Waals surface area contributed by atoms with E-state index in [2.05, 4.69) is 34.4 Å². The molecule has 4 nitrogen and oxygen atoms in total. The van der Waals surface area contributed by atoms with E-state index in [9.17, 15) is 10.2 Å². The van der Waals surface area contributed by atoms with Gasteiger partial charge in [-0.25, -0.2) is 4.98 Å². The van der Waals surface area contributed by atoms with Crippen LogP contribution in [-0.2, 0) is 0 Å². The van der Waals surface area contributed by atoms with Crippen LogP contribution in [0.3, 0.4) is 0 Å².